The number of amides is 1. The van der Waals surface area contributed by atoms with E-state index in [0.29, 0.717) is 11.3 Å². The van der Waals surface area contributed by atoms with Crippen molar-refractivity contribution in [3.05, 3.63) is 36.4 Å². The molecule has 0 atom stereocenters. The molecule has 0 radical (unpaired) electrons. The van der Waals surface area contributed by atoms with Gasteiger partial charge in [0.2, 0.25) is 10.9 Å². The first kappa shape index (κ1) is 19.6. The van der Waals surface area contributed by atoms with Gasteiger partial charge < -0.3 is 19.0 Å². The second-order valence-electron chi connectivity index (χ2n) is 5.82. The van der Waals surface area contributed by atoms with E-state index in [1.165, 1.54) is 33.3 Å². The number of rotatable bonds is 7. The summed E-state index contributed by atoms with van der Waals surface area (Å²) in [6, 6.07) is 9.57. The summed E-state index contributed by atoms with van der Waals surface area (Å²) >= 11 is 0. The molecule has 0 aliphatic heterocycles. The summed E-state index contributed by atoms with van der Waals surface area (Å²) in [6.07, 6.45) is 0. The summed E-state index contributed by atoms with van der Waals surface area (Å²) in [5, 5.41) is 6.12. The zero-order valence-corrected chi connectivity index (χ0v) is 16.2. The molecule has 0 saturated heterocycles. The van der Waals surface area contributed by atoms with Crippen LogP contribution in [0.4, 0.5) is 0 Å². The molecule has 0 saturated carbocycles. The number of ether oxygens (including phenoxy) is 1. The minimum absolute atomic E-state index is 0.0342. The van der Waals surface area contributed by atoms with Crippen LogP contribution in [0, 0.1) is 0 Å². The second-order valence-corrected chi connectivity index (χ2v) is 7.90. The topological polar surface area (TPSA) is 128 Å². The molecule has 2 aromatic heterocycles. The van der Waals surface area contributed by atoms with Gasteiger partial charge in [-0.3, -0.25) is 4.79 Å². The standard InChI is InChI=1S/C17H18N4O6S/c1-18-14(22)10-25-12-6-4-5-11(9-12)16-19-17(27-20-16)13-7-8-15(26-13)28(23,24)21(2)3/h4-9H,10H2,1-3H3,(H,18,22). The van der Waals surface area contributed by atoms with Crippen molar-refractivity contribution in [1.82, 2.24) is 19.8 Å². The van der Waals surface area contributed by atoms with E-state index in [4.69, 9.17) is 13.7 Å². The summed E-state index contributed by atoms with van der Waals surface area (Å²) in [6.45, 7) is -0.118. The molecule has 28 heavy (non-hydrogen) atoms. The minimum atomic E-state index is -3.70. The Balaban J connectivity index is 1.82. The molecular weight excluding hydrogens is 388 g/mol. The van der Waals surface area contributed by atoms with Gasteiger partial charge in [-0.15, -0.1) is 0 Å². The van der Waals surface area contributed by atoms with E-state index in [2.05, 4.69) is 15.5 Å². The summed E-state index contributed by atoms with van der Waals surface area (Å²) in [7, 11) is 0.626. The molecule has 10 nitrogen and oxygen atoms in total. The smallest absolute Gasteiger partial charge is 0.293 e. The first-order chi connectivity index (χ1) is 13.3. The number of nitrogens with zero attached hydrogens (tertiary/aromatic N) is 3. The van der Waals surface area contributed by atoms with Crippen LogP contribution in [0.25, 0.3) is 23.0 Å². The van der Waals surface area contributed by atoms with Crippen LogP contribution in [-0.4, -0.2) is 56.5 Å². The van der Waals surface area contributed by atoms with Crippen LogP contribution in [0.15, 0.2) is 50.4 Å². The number of likely N-dealkylation sites (N-methyl/N-ethyl adjacent to an activating group) is 1. The average Bonchev–Trinajstić information content (AvgIpc) is 3.35. The molecule has 0 aliphatic rings. The Morgan fingerprint density at radius 1 is 1.25 bits per heavy atom. The maximum Gasteiger partial charge on any atom is 0.293 e. The zero-order chi connectivity index (χ0) is 20.3. The largest absolute Gasteiger partial charge is 0.484 e. The normalized spacial score (nSPS) is 11.6. The average molecular weight is 406 g/mol. The van der Waals surface area contributed by atoms with Crippen LogP contribution in [-0.2, 0) is 14.8 Å². The molecule has 11 heteroatoms. The fourth-order valence-electron chi connectivity index (χ4n) is 2.14. The van der Waals surface area contributed by atoms with E-state index in [1.807, 2.05) is 0 Å². The molecule has 0 bridgehead atoms. The number of carbonyl (C=O) groups is 1. The van der Waals surface area contributed by atoms with Crippen molar-refractivity contribution < 1.29 is 26.9 Å². The summed E-state index contributed by atoms with van der Waals surface area (Å²) in [4.78, 5) is 15.5. The van der Waals surface area contributed by atoms with Gasteiger partial charge >= 0.3 is 0 Å². The van der Waals surface area contributed by atoms with Crippen LogP contribution in [0.2, 0.25) is 0 Å². The quantitative estimate of drug-likeness (QED) is 0.623. The number of aromatic nitrogens is 2. The van der Waals surface area contributed by atoms with Crippen LogP contribution in [0.3, 0.4) is 0 Å². The third-order valence-corrected chi connectivity index (χ3v) is 5.38. The molecule has 0 fully saturated rings. The third kappa shape index (κ3) is 4.05. The van der Waals surface area contributed by atoms with Gasteiger partial charge in [0.25, 0.3) is 21.8 Å². The van der Waals surface area contributed by atoms with E-state index in [1.54, 1.807) is 24.3 Å². The van der Waals surface area contributed by atoms with Crippen LogP contribution in [0.5, 0.6) is 5.75 Å². The van der Waals surface area contributed by atoms with Crippen LogP contribution < -0.4 is 10.1 Å². The molecule has 1 aromatic carbocycles. The molecule has 3 aromatic rings. The Kier molecular flexibility index (Phi) is 5.47. The van der Waals surface area contributed by atoms with Gasteiger partial charge in [0, 0.05) is 26.7 Å². The minimum Gasteiger partial charge on any atom is -0.484 e. The Bertz CT molecular complexity index is 1090. The summed E-state index contributed by atoms with van der Waals surface area (Å²) in [5.74, 6) is 0.630. The van der Waals surface area contributed by atoms with Crippen molar-refractivity contribution in [3.8, 4) is 28.8 Å². The van der Waals surface area contributed by atoms with Gasteiger partial charge in [-0.25, -0.2) is 12.7 Å². The highest BCUT2D eigenvalue weighted by atomic mass is 32.2. The zero-order valence-electron chi connectivity index (χ0n) is 15.4. The maximum atomic E-state index is 12.1. The Labute approximate surface area is 161 Å². The number of nitrogens with one attached hydrogen (secondary N) is 1. The van der Waals surface area contributed by atoms with Crippen molar-refractivity contribution in [2.24, 2.45) is 0 Å². The Morgan fingerprint density at radius 2 is 2.04 bits per heavy atom. The fraction of sp³-hybridized carbons (Fsp3) is 0.235. The van der Waals surface area contributed by atoms with Crippen LogP contribution in [0.1, 0.15) is 0 Å². The molecule has 0 aliphatic carbocycles. The second kappa shape index (κ2) is 7.82. The predicted octanol–water partition coefficient (Wildman–Crippen LogP) is 1.37. The van der Waals surface area contributed by atoms with E-state index >= 15 is 0 Å². The first-order valence-electron chi connectivity index (χ1n) is 8.11. The lowest BCUT2D eigenvalue weighted by molar-refractivity contribution is -0.122. The summed E-state index contributed by atoms with van der Waals surface area (Å²) < 4.78 is 41.1. The number of carbonyl (C=O) groups excluding carboxylic acids is 1. The highest BCUT2D eigenvalue weighted by molar-refractivity contribution is 7.88. The SMILES string of the molecule is CNC(=O)COc1cccc(-c2noc(-c3ccc(S(=O)(=O)N(C)C)o3)n2)c1. The number of sulfonamides is 1. The maximum absolute atomic E-state index is 12.1. The molecule has 148 valence electrons. The third-order valence-electron chi connectivity index (χ3n) is 3.69. The Morgan fingerprint density at radius 3 is 2.75 bits per heavy atom. The summed E-state index contributed by atoms with van der Waals surface area (Å²) in [5.41, 5.74) is 0.595. The van der Waals surface area contributed by atoms with E-state index in [0.717, 1.165) is 4.31 Å². The van der Waals surface area contributed by atoms with Gasteiger partial charge in [-0.05, 0) is 24.3 Å². The van der Waals surface area contributed by atoms with E-state index < -0.39 is 10.0 Å². The van der Waals surface area contributed by atoms with Crippen molar-refractivity contribution in [3.63, 3.8) is 0 Å². The first-order valence-corrected chi connectivity index (χ1v) is 9.55. The van der Waals surface area contributed by atoms with E-state index in [9.17, 15) is 13.2 Å². The molecule has 2 heterocycles. The Hall–Kier alpha value is -3.18. The van der Waals surface area contributed by atoms with E-state index in [-0.39, 0.29) is 35.1 Å². The van der Waals surface area contributed by atoms with Crippen molar-refractivity contribution in [2.45, 2.75) is 5.09 Å². The number of furan rings is 1. The van der Waals surface area contributed by atoms with Gasteiger partial charge in [0.15, 0.2) is 12.4 Å². The monoisotopic (exact) mass is 406 g/mol. The van der Waals surface area contributed by atoms with Gasteiger partial charge in [-0.1, -0.05) is 17.3 Å². The van der Waals surface area contributed by atoms with Crippen molar-refractivity contribution in [2.75, 3.05) is 27.7 Å². The predicted molar refractivity (Wildman–Crippen MR) is 97.9 cm³/mol. The highest BCUT2D eigenvalue weighted by Crippen LogP contribution is 2.27. The lowest BCUT2D eigenvalue weighted by atomic mass is 10.2. The number of hydrogen-bond acceptors (Lipinski definition) is 8. The fourth-order valence-corrected chi connectivity index (χ4v) is 2.94. The highest BCUT2D eigenvalue weighted by Gasteiger charge is 2.23. The van der Waals surface area contributed by atoms with Gasteiger partial charge in [0.05, 0.1) is 0 Å². The molecule has 1 amide bonds. The molecule has 0 spiro atoms. The number of hydrogen-bond donors (Lipinski definition) is 1. The molecule has 3 rings (SSSR count). The van der Waals surface area contributed by atoms with Gasteiger partial charge in [-0.2, -0.15) is 4.98 Å². The van der Waals surface area contributed by atoms with Crippen molar-refractivity contribution >= 4 is 15.9 Å². The lowest BCUT2D eigenvalue weighted by Gasteiger charge is -2.07. The van der Waals surface area contributed by atoms with Gasteiger partial charge in [0.1, 0.15) is 5.75 Å². The molecule has 0 unspecified atom stereocenters. The van der Waals surface area contributed by atoms with Crippen molar-refractivity contribution in [1.29, 1.82) is 0 Å². The lowest BCUT2D eigenvalue weighted by Crippen LogP contribution is -2.24. The number of benzene rings is 1. The van der Waals surface area contributed by atoms with Crippen LogP contribution >= 0.6 is 0 Å². The molecule has 1 N–H and O–H groups in total. The molecular formula is C17H18N4O6S.